The van der Waals surface area contributed by atoms with Crippen LogP contribution in [0.25, 0.3) is 0 Å². The first-order chi connectivity index (χ1) is 16.5. The van der Waals surface area contributed by atoms with Crippen molar-refractivity contribution in [3.05, 3.63) is 23.8 Å². The molecule has 0 aromatic heterocycles. The Morgan fingerprint density at radius 1 is 1.20 bits per heavy atom. The molecule has 9 heteroatoms. The molecule has 1 aromatic carbocycles. The van der Waals surface area contributed by atoms with Crippen molar-refractivity contribution in [2.45, 2.75) is 91.3 Å². The van der Waals surface area contributed by atoms with Gasteiger partial charge in [-0.25, -0.2) is 9.59 Å². The van der Waals surface area contributed by atoms with E-state index in [0.717, 1.165) is 19.3 Å². The Labute approximate surface area is 207 Å². The molecule has 1 fully saturated rings. The van der Waals surface area contributed by atoms with Gasteiger partial charge in [0, 0.05) is 12.2 Å². The first kappa shape index (κ1) is 28.6. The van der Waals surface area contributed by atoms with Crippen molar-refractivity contribution in [3.63, 3.8) is 0 Å². The van der Waals surface area contributed by atoms with Gasteiger partial charge in [-0.15, -0.1) is 0 Å². The van der Waals surface area contributed by atoms with Crippen LogP contribution in [0.1, 0.15) is 77.6 Å². The van der Waals surface area contributed by atoms with Crippen LogP contribution in [-0.2, 0) is 19.0 Å². The first-order valence-corrected chi connectivity index (χ1v) is 12.2. The molecule has 1 amide bonds. The van der Waals surface area contributed by atoms with Gasteiger partial charge < -0.3 is 29.0 Å². The number of benzene rings is 1. The first-order valence-electron chi connectivity index (χ1n) is 12.2. The molecule has 4 unspecified atom stereocenters. The summed E-state index contributed by atoms with van der Waals surface area (Å²) in [6, 6.07) is 3.40. The van der Waals surface area contributed by atoms with Crippen molar-refractivity contribution >= 4 is 18.3 Å². The van der Waals surface area contributed by atoms with E-state index in [2.05, 4.69) is 12.2 Å². The number of rotatable bonds is 11. The molecule has 1 heterocycles. The summed E-state index contributed by atoms with van der Waals surface area (Å²) in [5.74, 6) is -0.0881. The minimum absolute atomic E-state index is 0.0833. The van der Waals surface area contributed by atoms with E-state index >= 15 is 0 Å². The number of nitrogens with one attached hydrogen (secondary N) is 1. The van der Waals surface area contributed by atoms with E-state index in [1.165, 1.54) is 6.07 Å². The number of esters is 1. The molecule has 0 spiro atoms. The van der Waals surface area contributed by atoms with Gasteiger partial charge in [-0.3, -0.25) is 4.79 Å². The third kappa shape index (κ3) is 9.85. The van der Waals surface area contributed by atoms with Crippen molar-refractivity contribution in [3.8, 4) is 11.5 Å². The van der Waals surface area contributed by atoms with Gasteiger partial charge in [0.05, 0.1) is 12.7 Å². The topological polar surface area (TPSA) is 109 Å². The fraction of sp³-hybridized carbons (Fsp3) is 0.654. The summed E-state index contributed by atoms with van der Waals surface area (Å²) >= 11 is 0. The molecule has 0 aliphatic carbocycles. The molecule has 9 nitrogen and oxygen atoms in total. The second-order valence-corrected chi connectivity index (χ2v) is 9.83. The summed E-state index contributed by atoms with van der Waals surface area (Å²) in [4.78, 5) is 37.1. The molecule has 1 N–H and O–H groups in total. The van der Waals surface area contributed by atoms with Crippen LogP contribution in [0.4, 0.5) is 4.79 Å². The summed E-state index contributed by atoms with van der Waals surface area (Å²) in [5, 5.41) is 2.56. The van der Waals surface area contributed by atoms with Crippen LogP contribution in [0.5, 0.6) is 11.5 Å². The molecule has 1 aliphatic heterocycles. The fourth-order valence-electron chi connectivity index (χ4n) is 3.26. The number of carbonyl (C=O) groups excluding carboxylic acids is 3. The number of alkyl carbamates (subject to hydrolysis) is 1. The third-order valence-corrected chi connectivity index (χ3v) is 5.43. The number of amides is 1. The number of hydrogen-bond donors (Lipinski definition) is 1. The minimum Gasteiger partial charge on any atom is -0.489 e. The van der Waals surface area contributed by atoms with Gasteiger partial charge in [-0.2, -0.15) is 0 Å². The maximum Gasteiger partial charge on any atom is 0.408 e. The van der Waals surface area contributed by atoms with E-state index in [9.17, 15) is 14.4 Å². The van der Waals surface area contributed by atoms with Crippen molar-refractivity contribution in [2.24, 2.45) is 5.92 Å². The Balaban J connectivity index is 2.23. The van der Waals surface area contributed by atoms with Crippen LogP contribution in [-0.4, -0.2) is 55.6 Å². The van der Waals surface area contributed by atoms with Crippen LogP contribution in [0.3, 0.4) is 0 Å². The number of carbonyl (C=O) groups is 3. The Morgan fingerprint density at radius 3 is 2.54 bits per heavy atom. The van der Waals surface area contributed by atoms with E-state index in [1.54, 1.807) is 39.8 Å². The number of hydrogen-bond acceptors (Lipinski definition) is 8. The number of ether oxygens (including phenoxy) is 5. The molecule has 35 heavy (non-hydrogen) atoms. The molecule has 1 aromatic rings. The second kappa shape index (κ2) is 13.4. The van der Waals surface area contributed by atoms with Gasteiger partial charge in [0.2, 0.25) is 0 Å². The predicted octanol–water partition coefficient (Wildman–Crippen LogP) is 4.65. The summed E-state index contributed by atoms with van der Waals surface area (Å²) in [6.45, 7) is 11.9. The molecular weight excluding hydrogens is 454 g/mol. The Hall–Kier alpha value is -2.65. The molecule has 2 rings (SSSR count). The van der Waals surface area contributed by atoms with Crippen LogP contribution < -0.4 is 14.8 Å². The maximum atomic E-state index is 13.3. The van der Waals surface area contributed by atoms with Gasteiger partial charge in [0.25, 0.3) is 0 Å². The van der Waals surface area contributed by atoms with Crippen molar-refractivity contribution in [1.29, 1.82) is 0 Å². The zero-order valence-electron chi connectivity index (χ0n) is 21.6. The molecule has 0 bridgehead atoms. The lowest BCUT2D eigenvalue weighted by Gasteiger charge is -2.30. The fourth-order valence-corrected chi connectivity index (χ4v) is 3.26. The zero-order valence-corrected chi connectivity index (χ0v) is 21.6. The third-order valence-electron chi connectivity index (χ3n) is 5.43. The van der Waals surface area contributed by atoms with Crippen LogP contribution in [0, 0.1) is 5.92 Å². The highest BCUT2D eigenvalue weighted by Gasteiger charge is 2.34. The lowest BCUT2D eigenvalue weighted by atomic mass is 10.1. The predicted molar refractivity (Wildman–Crippen MR) is 130 cm³/mol. The largest absolute Gasteiger partial charge is 0.489 e. The van der Waals surface area contributed by atoms with Gasteiger partial charge in [0.1, 0.15) is 11.9 Å². The summed E-state index contributed by atoms with van der Waals surface area (Å²) < 4.78 is 28.4. The quantitative estimate of drug-likeness (QED) is 0.269. The van der Waals surface area contributed by atoms with Crippen molar-refractivity contribution in [2.75, 3.05) is 13.2 Å². The average Bonchev–Trinajstić information content (AvgIpc) is 2.80. The van der Waals surface area contributed by atoms with Crippen LogP contribution >= 0.6 is 0 Å². The molecule has 0 radical (unpaired) electrons. The highest BCUT2D eigenvalue weighted by Crippen LogP contribution is 2.29. The van der Waals surface area contributed by atoms with Gasteiger partial charge in [-0.1, -0.05) is 20.3 Å². The molecule has 0 saturated carbocycles. The Morgan fingerprint density at radius 2 is 1.94 bits per heavy atom. The van der Waals surface area contributed by atoms with E-state index < -0.39 is 36.1 Å². The molecule has 4 atom stereocenters. The average molecular weight is 494 g/mol. The molecule has 1 aliphatic rings. The molecular formula is C26H39NO8. The maximum absolute atomic E-state index is 13.3. The van der Waals surface area contributed by atoms with Crippen molar-refractivity contribution < 1.29 is 38.1 Å². The van der Waals surface area contributed by atoms with Gasteiger partial charge >= 0.3 is 12.1 Å². The van der Waals surface area contributed by atoms with Crippen LogP contribution in [0.15, 0.2) is 18.2 Å². The number of aldehydes is 1. The van der Waals surface area contributed by atoms with Crippen LogP contribution in [0.2, 0.25) is 0 Å². The highest BCUT2D eigenvalue weighted by atomic mass is 16.7. The van der Waals surface area contributed by atoms with E-state index in [0.29, 0.717) is 37.2 Å². The van der Waals surface area contributed by atoms with Gasteiger partial charge in [0.15, 0.2) is 23.8 Å². The SMILES string of the molecule is CCC(C)COc1ccc(C=O)cc1OC(=O)C(NC(=O)OC(C)(C)C)C(C)OC1CCCCO1. The zero-order chi connectivity index (χ0) is 26.0. The molecule has 196 valence electrons. The Kier molecular flexibility index (Phi) is 11.0. The standard InChI is InChI=1S/C26H39NO8/c1-7-17(2)16-32-20-12-11-19(15-28)14-21(20)34-24(29)23(27-25(30)35-26(4,5)6)18(3)33-22-10-8-9-13-31-22/h11-12,14-15,17-18,22-23H,7-10,13,16H2,1-6H3,(H,27,30). The van der Waals surface area contributed by atoms with E-state index in [4.69, 9.17) is 23.7 Å². The smallest absolute Gasteiger partial charge is 0.408 e. The van der Waals surface area contributed by atoms with Crippen molar-refractivity contribution in [1.82, 2.24) is 5.32 Å². The lowest BCUT2D eigenvalue weighted by molar-refractivity contribution is -0.192. The Bertz CT molecular complexity index is 844. The minimum atomic E-state index is -1.20. The monoisotopic (exact) mass is 493 g/mol. The summed E-state index contributed by atoms with van der Waals surface area (Å²) in [7, 11) is 0. The lowest BCUT2D eigenvalue weighted by Crippen LogP contribution is -2.52. The normalized spacial score (nSPS) is 18.6. The highest BCUT2D eigenvalue weighted by molar-refractivity contribution is 5.85. The van der Waals surface area contributed by atoms with E-state index in [-0.39, 0.29) is 11.7 Å². The second-order valence-electron chi connectivity index (χ2n) is 9.83. The molecule has 1 saturated heterocycles. The van der Waals surface area contributed by atoms with E-state index in [1.807, 2.05) is 6.92 Å². The summed E-state index contributed by atoms with van der Waals surface area (Å²) in [5.41, 5.74) is -0.440. The summed E-state index contributed by atoms with van der Waals surface area (Å²) in [6.07, 6.45) is 2.10. The van der Waals surface area contributed by atoms with Gasteiger partial charge in [-0.05, 0) is 71.1 Å².